The molecule has 0 aliphatic rings. The number of sulfonamides is 1. The molecule has 1 N–H and O–H groups in total. The SMILES string of the molecule is O=[N+]([O-])c1cccc(-c2csc(NS(=O)(=O)c3ccc(OCc4ccccc4)cc3)n2)c1. The van der Waals surface area contributed by atoms with E-state index in [2.05, 4.69) is 9.71 Å². The van der Waals surface area contributed by atoms with E-state index in [1.807, 2.05) is 30.3 Å². The first kappa shape index (κ1) is 21.5. The summed E-state index contributed by atoms with van der Waals surface area (Å²) in [6, 6.07) is 21.7. The topological polar surface area (TPSA) is 111 Å². The Hall–Kier alpha value is -3.76. The molecule has 0 aliphatic heterocycles. The molecular formula is C22H17N3O5S2. The summed E-state index contributed by atoms with van der Waals surface area (Å²) in [5, 5.41) is 12.8. The van der Waals surface area contributed by atoms with Crippen molar-refractivity contribution in [2.75, 3.05) is 4.72 Å². The molecule has 0 unspecified atom stereocenters. The third kappa shape index (κ3) is 5.10. The maximum atomic E-state index is 12.7. The van der Waals surface area contributed by atoms with Crippen molar-refractivity contribution < 1.29 is 18.1 Å². The number of nitro groups is 1. The van der Waals surface area contributed by atoms with E-state index in [0.717, 1.165) is 16.9 Å². The van der Waals surface area contributed by atoms with Crippen LogP contribution in [0.1, 0.15) is 5.56 Å². The molecule has 1 aromatic heterocycles. The first-order valence-corrected chi connectivity index (χ1v) is 11.8. The fourth-order valence-corrected chi connectivity index (χ4v) is 4.83. The second kappa shape index (κ2) is 9.16. The number of aromatic nitrogens is 1. The van der Waals surface area contributed by atoms with Crippen LogP contribution in [0.2, 0.25) is 0 Å². The molecule has 0 saturated heterocycles. The molecule has 3 aromatic carbocycles. The van der Waals surface area contributed by atoms with Crippen molar-refractivity contribution in [2.45, 2.75) is 11.5 Å². The van der Waals surface area contributed by atoms with Crippen LogP contribution in [0, 0.1) is 10.1 Å². The molecule has 0 amide bonds. The predicted molar refractivity (Wildman–Crippen MR) is 122 cm³/mol. The highest BCUT2D eigenvalue weighted by molar-refractivity contribution is 7.93. The molecule has 0 aliphatic carbocycles. The Labute approximate surface area is 188 Å². The molecule has 32 heavy (non-hydrogen) atoms. The van der Waals surface area contributed by atoms with Gasteiger partial charge in [-0.3, -0.25) is 14.8 Å². The summed E-state index contributed by atoms with van der Waals surface area (Å²) in [5.41, 5.74) is 1.92. The highest BCUT2D eigenvalue weighted by Crippen LogP contribution is 2.29. The number of anilines is 1. The van der Waals surface area contributed by atoms with Crippen LogP contribution in [-0.2, 0) is 16.6 Å². The van der Waals surface area contributed by atoms with Gasteiger partial charge in [0.25, 0.3) is 15.7 Å². The summed E-state index contributed by atoms with van der Waals surface area (Å²) in [4.78, 5) is 14.8. The quantitative estimate of drug-likeness (QED) is 0.285. The first-order valence-electron chi connectivity index (χ1n) is 9.41. The summed E-state index contributed by atoms with van der Waals surface area (Å²) >= 11 is 1.09. The van der Waals surface area contributed by atoms with Gasteiger partial charge in [0, 0.05) is 23.1 Å². The lowest BCUT2D eigenvalue weighted by Crippen LogP contribution is -2.12. The van der Waals surface area contributed by atoms with Crippen LogP contribution in [0.15, 0.2) is 89.1 Å². The van der Waals surface area contributed by atoms with Gasteiger partial charge in [0.2, 0.25) is 0 Å². The third-order valence-electron chi connectivity index (χ3n) is 4.46. The molecule has 0 radical (unpaired) electrons. The second-order valence-electron chi connectivity index (χ2n) is 6.70. The summed E-state index contributed by atoms with van der Waals surface area (Å²) in [7, 11) is -3.85. The zero-order valence-corrected chi connectivity index (χ0v) is 18.2. The number of hydrogen-bond acceptors (Lipinski definition) is 7. The van der Waals surface area contributed by atoms with Gasteiger partial charge in [-0.2, -0.15) is 0 Å². The largest absolute Gasteiger partial charge is 0.489 e. The van der Waals surface area contributed by atoms with Crippen molar-refractivity contribution in [3.63, 3.8) is 0 Å². The molecule has 4 aromatic rings. The standard InChI is InChI=1S/C22H17N3O5S2/c26-25(27)18-8-4-7-17(13-18)21-15-31-22(23-21)24-32(28,29)20-11-9-19(10-12-20)30-14-16-5-2-1-3-6-16/h1-13,15H,14H2,(H,23,24). The molecule has 0 fully saturated rings. The molecule has 8 nitrogen and oxygen atoms in total. The number of hydrogen-bond donors (Lipinski definition) is 1. The van der Waals surface area contributed by atoms with Gasteiger partial charge in [0.1, 0.15) is 12.4 Å². The maximum Gasteiger partial charge on any atom is 0.270 e. The van der Waals surface area contributed by atoms with Gasteiger partial charge in [-0.1, -0.05) is 42.5 Å². The van der Waals surface area contributed by atoms with Crippen LogP contribution in [0.3, 0.4) is 0 Å². The number of nitrogens with zero attached hydrogens (tertiary/aromatic N) is 2. The van der Waals surface area contributed by atoms with Gasteiger partial charge in [0.05, 0.1) is 15.5 Å². The van der Waals surface area contributed by atoms with Crippen molar-refractivity contribution in [3.8, 4) is 17.0 Å². The number of nitrogens with one attached hydrogen (secondary N) is 1. The highest BCUT2D eigenvalue weighted by atomic mass is 32.2. The van der Waals surface area contributed by atoms with Crippen LogP contribution < -0.4 is 9.46 Å². The van der Waals surface area contributed by atoms with Crippen LogP contribution in [-0.4, -0.2) is 18.3 Å². The van der Waals surface area contributed by atoms with Crippen molar-refractivity contribution in [3.05, 3.63) is 99.9 Å². The van der Waals surface area contributed by atoms with E-state index in [0.29, 0.717) is 23.6 Å². The molecule has 4 rings (SSSR count). The zero-order valence-electron chi connectivity index (χ0n) is 16.5. The lowest BCUT2D eigenvalue weighted by molar-refractivity contribution is -0.384. The lowest BCUT2D eigenvalue weighted by atomic mass is 10.1. The average molecular weight is 468 g/mol. The van der Waals surface area contributed by atoms with Gasteiger partial charge >= 0.3 is 0 Å². The molecule has 0 saturated carbocycles. The van der Waals surface area contributed by atoms with Gasteiger partial charge < -0.3 is 4.74 Å². The summed E-state index contributed by atoms with van der Waals surface area (Å²) < 4.78 is 33.5. The summed E-state index contributed by atoms with van der Waals surface area (Å²) in [6.07, 6.45) is 0. The second-order valence-corrected chi connectivity index (χ2v) is 9.24. The number of ether oxygens (including phenoxy) is 1. The van der Waals surface area contributed by atoms with E-state index in [-0.39, 0.29) is 15.7 Å². The average Bonchev–Trinajstić information content (AvgIpc) is 3.26. The van der Waals surface area contributed by atoms with Crippen molar-refractivity contribution in [1.29, 1.82) is 0 Å². The normalized spacial score (nSPS) is 11.1. The van der Waals surface area contributed by atoms with E-state index >= 15 is 0 Å². The Morgan fingerprint density at radius 3 is 2.47 bits per heavy atom. The molecule has 1 heterocycles. The van der Waals surface area contributed by atoms with Gasteiger partial charge in [-0.15, -0.1) is 11.3 Å². The lowest BCUT2D eigenvalue weighted by Gasteiger charge is -2.08. The molecule has 10 heteroatoms. The molecule has 0 atom stereocenters. The Morgan fingerprint density at radius 1 is 1.00 bits per heavy atom. The predicted octanol–water partition coefficient (Wildman–Crippen LogP) is 5.10. The van der Waals surface area contributed by atoms with E-state index < -0.39 is 14.9 Å². The van der Waals surface area contributed by atoms with E-state index in [1.165, 1.54) is 24.3 Å². The van der Waals surface area contributed by atoms with E-state index in [9.17, 15) is 18.5 Å². The summed E-state index contributed by atoms with van der Waals surface area (Å²) in [5.74, 6) is 0.551. The van der Waals surface area contributed by atoms with Crippen LogP contribution >= 0.6 is 11.3 Å². The smallest absolute Gasteiger partial charge is 0.270 e. The van der Waals surface area contributed by atoms with Crippen LogP contribution in [0.4, 0.5) is 10.8 Å². The number of non-ortho nitro benzene ring substituents is 1. The molecule has 162 valence electrons. The minimum absolute atomic E-state index is 0.0628. The van der Waals surface area contributed by atoms with Crippen LogP contribution in [0.25, 0.3) is 11.3 Å². The van der Waals surface area contributed by atoms with Crippen LogP contribution in [0.5, 0.6) is 5.75 Å². The zero-order chi connectivity index (χ0) is 22.6. The Bertz CT molecular complexity index is 1340. The highest BCUT2D eigenvalue weighted by Gasteiger charge is 2.17. The Kier molecular flexibility index (Phi) is 6.15. The fourth-order valence-electron chi connectivity index (χ4n) is 2.86. The fraction of sp³-hybridized carbons (Fsp3) is 0.0455. The molecular weight excluding hydrogens is 450 g/mol. The number of nitro benzene ring substituents is 1. The summed E-state index contributed by atoms with van der Waals surface area (Å²) in [6.45, 7) is 0.380. The van der Waals surface area contributed by atoms with E-state index in [4.69, 9.17) is 4.74 Å². The van der Waals surface area contributed by atoms with Crippen molar-refractivity contribution >= 4 is 32.2 Å². The minimum Gasteiger partial charge on any atom is -0.489 e. The van der Waals surface area contributed by atoms with E-state index in [1.54, 1.807) is 29.6 Å². The molecule has 0 spiro atoms. The van der Waals surface area contributed by atoms with Crippen molar-refractivity contribution in [2.24, 2.45) is 0 Å². The number of thiazole rings is 1. The monoisotopic (exact) mass is 467 g/mol. The number of rotatable bonds is 8. The van der Waals surface area contributed by atoms with Gasteiger partial charge in [-0.05, 0) is 29.8 Å². The first-order chi connectivity index (χ1) is 15.4. The van der Waals surface area contributed by atoms with Gasteiger partial charge in [-0.25, -0.2) is 13.4 Å². The number of benzene rings is 3. The maximum absolute atomic E-state index is 12.7. The van der Waals surface area contributed by atoms with Gasteiger partial charge in [0.15, 0.2) is 5.13 Å². The molecule has 0 bridgehead atoms. The van der Waals surface area contributed by atoms with Crippen molar-refractivity contribution in [1.82, 2.24) is 4.98 Å². The Morgan fingerprint density at radius 2 is 1.75 bits per heavy atom. The Balaban J connectivity index is 1.44. The third-order valence-corrected chi connectivity index (χ3v) is 6.70. The minimum atomic E-state index is -3.85.